The molecule has 0 aliphatic carbocycles. The second-order valence-corrected chi connectivity index (χ2v) is 8.19. The van der Waals surface area contributed by atoms with Gasteiger partial charge in [-0.15, -0.1) is 0 Å². The lowest BCUT2D eigenvalue weighted by Crippen LogP contribution is -2.12. The van der Waals surface area contributed by atoms with Crippen LogP contribution in [0.5, 0.6) is 5.75 Å². The number of carbonyl (C=O) groups is 1. The third-order valence-electron chi connectivity index (χ3n) is 4.95. The Bertz CT molecular complexity index is 1180. The molecule has 0 fully saturated rings. The van der Waals surface area contributed by atoms with Crippen LogP contribution in [0.2, 0.25) is 5.02 Å². The van der Waals surface area contributed by atoms with Gasteiger partial charge in [0.2, 0.25) is 0 Å². The zero-order chi connectivity index (χ0) is 22.5. The lowest BCUT2D eigenvalue weighted by Gasteiger charge is -2.08. The first-order valence-corrected chi connectivity index (χ1v) is 10.7. The molecule has 0 aliphatic heterocycles. The van der Waals surface area contributed by atoms with Crippen molar-refractivity contribution in [3.63, 3.8) is 0 Å². The number of anilines is 1. The highest BCUT2D eigenvalue weighted by Crippen LogP contribution is 2.20. The monoisotopic (exact) mass is 449 g/mol. The van der Waals surface area contributed by atoms with E-state index in [2.05, 4.69) is 24.3 Å². The van der Waals surface area contributed by atoms with E-state index in [4.69, 9.17) is 20.8 Å². The average Bonchev–Trinajstić information content (AvgIpc) is 3.44. The Hall–Kier alpha value is -3.51. The van der Waals surface area contributed by atoms with E-state index in [9.17, 15) is 4.79 Å². The number of benzene rings is 2. The molecular weight excluding hydrogens is 426 g/mol. The first-order chi connectivity index (χ1) is 15.5. The van der Waals surface area contributed by atoms with E-state index in [-0.39, 0.29) is 18.3 Å². The van der Waals surface area contributed by atoms with Crippen LogP contribution in [-0.4, -0.2) is 15.7 Å². The van der Waals surface area contributed by atoms with Crippen LogP contribution in [0.1, 0.15) is 47.2 Å². The second-order valence-electron chi connectivity index (χ2n) is 7.76. The average molecular weight is 450 g/mol. The largest absolute Gasteiger partial charge is 0.486 e. The summed E-state index contributed by atoms with van der Waals surface area (Å²) in [5, 5.41) is 7.82. The number of nitrogens with one attached hydrogen (secondary N) is 1. The van der Waals surface area contributed by atoms with E-state index in [0.29, 0.717) is 29.1 Å². The number of nitrogens with zero attached hydrogens (tertiary/aromatic N) is 2. The van der Waals surface area contributed by atoms with Crippen LogP contribution in [0, 0.1) is 0 Å². The van der Waals surface area contributed by atoms with Gasteiger partial charge in [-0.3, -0.25) is 9.48 Å². The van der Waals surface area contributed by atoms with Crippen LogP contribution < -0.4 is 10.1 Å². The molecule has 164 valence electrons. The van der Waals surface area contributed by atoms with Crippen LogP contribution in [0.3, 0.4) is 0 Å². The highest BCUT2D eigenvalue weighted by molar-refractivity contribution is 6.30. The van der Waals surface area contributed by atoms with E-state index >= 15 is 0 Å². The number of carbonyl (C=O) groups excluding carboxylic acids is 1. The van der Waals surface area contributed by atoms with Crippen molar-refractivity contribution in [1.82, 2.24) is 9.78 Å². The van der Waals surface area contributed by atoms with Crippen molar-refractivity contribution < 1.29 is 13.9 Å². The normalized spacial score (nSPS) is 11.0. The minimum atomic E-state index is -0.366. The first kappa shape index (κ1) is 21.7. The molecule has 2 aromatic heterocycles. The van der Waals surface area contributed by atoms with Crippen LogP contribution in [0.4, 0.5) is 5.82 Å². The van der Waals surface area contributed by atoms with Crippen LogP contribution in [0.15, 0.2) is 77.3 Å². The molecule has 0 spiro atoms. The van der Waals surface area contributed by atoms with Crippen molar-refractivity contribution in [1.29, 1.82) is 0 Å². The Morgan fingerprint density at radius 1 is 1.06 bits per heavy atom. The van der Waals surface area contributed by atoms with Gasteiger partial charge in [0, 0.05) is 17.3 Å². The SMILES string of the molecule is CC(C)c1ccc(OCc2ccc(C(=O)Nc3ccn(Cc4ccc(Cl)cc4)n3)o2)cc1. The van der Waals surface area contributed by atoms with Gasteiger partial charge in [-0.05, 0) is 53.4 Å². The highest BCUT2D eigenvalue weighted by Gasteiger charge is 2.13. The molecule has 1 amide bonds. The predicted molar refractivity (Wildman–Crippen MR) is 124 cm³/mol. The zero-order valence-corrected chi connectivity index (χ0v) is 18.7. The molecule has 4 aromatic rings. The third-order valence-corrected chi connectivity index (χ3v) is 5.21. The third kappa shape index (κ3) is 5.59. The standard InChI is InChI=1S/C25H24ClN3O3/c1-17(2)19-5-9-21(10-6-19)31-16-22-11-12-23(32-22)25(30)27-24-13-14-29(28-24)15-18-3-7-20(26)8-4-18/h3-14,17H,15-16H2,1-2H3,(H,27,28,30). The summed E-state index contributed by atoms with van der Waals surface area (Å²) in [6.45, 7) is 5.11. The molecule has 0 unspecified atom stereocenters. The van der Waals surface area contributed by atoms with E-state index in [1.165, 1.54) is 5.56 Å². The number of furan rings is 1. The quantitative estimate of drug-likeness (QED) is 0.351. The summed E-state index contributed by atoms with van der Waals surface area (Å²) < 4.78 is 13.1. The number of aromatic nitrogens is 2. The molecule has 0 saturated heterocycles. The Balaban J connectivity index is 1.31. The Morgan fingerprint density at radius 3 is 2.53 bits per heavy atom. The summed E-state index contributed by atoms with van der Waals surface area (Å²) in [7, 11) is 0. The van der Waals surface area contributed by atoms with Gasteiger partial charge in [0.15, 0.2) is 11.6 Å². The number of halogens is 1. The fourth-order valence-corrected chi connectivity index (χ4v) is 3.28. The fraction of sp³-hybridized carbons (Fsp3) is 0.200. The molecule has 1 N–H and O–H groups in total. The molecule has 0 saturated carbocycles. The summed E-state index contributed by atoms with van der Waals surface area (Å²) in [4.78, 5) is 12.5. The van der Waals surface area contributed by atoms with E-state index in [1.807, 2.05) is 48.5 Å². The molecule has 2 aromatic carbocycles. The van der Waals surface area contributed by atoms with E-state index < -0.39 is 0 Å². The van der Waals surface area contributed by atoms with Crippen LogP contribution >= 0.6 is 11.6 Å². The summed E-state index contributed by atoms with van der Waals surface area (Å²) in [5.74, 6) is 2.07. The molecule has 0 bridgehead atoms. The Morgan fingerprint density at radius 2 is 1.81 bits per heavy atom. The van der Waals surface area contributed by atoms with Gasteiger partial charge >= 0.3 is 0 Å². The lowest BCUT2D eigenvalue weighted by atomic mass is 10.0. The van der Waals surface area contributed by atoms with Crippen molar-refractivity contribution >= 4 is 23.3 Å². The Labute approximate surface area is 191 Å². The predicted octanol–water partition coefficient (Wildman–Crippen LogP) is 6.13. The highest BCUT2D eigenvalue weighted by atomic mass is 35.5. The maximum Gasteiger partial charge on any atom is 0.292 e. The van der Waals surface area contributed by atoms with Gasteiger partial charge in [0.1, 0.15) is 18.1 Å². The molecule has 7 heteroatoms. The van der Waals surface area contributed by atoms with Crippen molar-refractivity contribution in [2.45, 2.75) is 32.9 Å². The second kappa shape index (κ2) is 9.75. The van der Waals surface area contributed by atoms with Crippen LogP contribution in [-0.2, 0) is 13.2 Å². The number of ether oxygens (including phenoxy) is 1. The number of amides is 1. The van der Waals surface area contributed by atoms with Crippen molar-refractivity contribution in [3.8, 4) is 5.75 Å². The number of hydrogen-bond donors (Lipinski definition) is 1. The lowest BCUT2D eigenvalue weighted by molar-refractivity contribution is 0.0992. The number of hydrogen-bond acceptors (Lipinski definition) is 4. The molecule has 2 heterocycles. The molecule has 0 atom stereocenters. The number of rotatable bonds is 8. The zero-order valence-electron chi connectivity index (χ0n) is 17.9. The topological polar surface area (TPSA) is 69.3 Å². The fourth-order valence-electron chi connectivity index (χ4n) is 3.15. The first-order valence-electron chi connectivity index (χ1n) is 10.4. The molecule has 32 heavy (non-hydrogen) atoms. The maximum atomic E-state index is 12.5. The molecule has 0 aliphatic rings. The summed E-state index contributed by atoms with van der Waals surface area (Å²) in [6, 6.07) is 20.6. The summed E-state index contributed by atoms with van der Waals surface area (Å²) in [6.07, 6.45) is 1.80. The summed E-state index contributed by atoms with van der Waals surface area (Å²) in [5.41, 5.74) is 2.31. The molecular formula is C25H24ClN3O3. The maximum absolute atomic E-state index is 12.5. The minimum Gasteiger partial charge on any atom is -0.486 e. The minimum absolute atomic E-state index is 0.200. The van der Waals surface area contributed by atoms with E-state index in [1.54, 1.807) is 29.1 Å². The smallest absolute Gasteiger partial charge is 0.292 e. The molecule has 0 radical (unpaired) electrons. The van der Waals surface area contributed by atoms with Crippen LogP contribution in [0.25, 0.3) is 0 Å². The van der Waals surface area contributed by atoms with Gasteiger partial charge in [-0.1, -0.05) is 49.7 Å². The van der Waals surface area contributed by atoms with Crippen molar-refractivity contribution in [2.24, 2.45) is 0 Å². The Kier molecular flexibility index (Phi) is 6.61. The van der Waals surface area contributed by atoms with Gasteiger partial charge in [-0.25, -0.2) is 0 Å². The van der Waals surface area contributed by atoms with Gasteiger partial charge in [0.25, 0.3) is 5.91 Å². The van der Waals surface area contributed by atoms with Gasteiger partial charge in [0.05, 0.1) is 6.54 Å². The summed E-state index contributed by atoms with van der Waals surface area (Å²) >= 11 is 5.92. The molecule has 4 rings (SSSR count). The van der Waals surface area contributed by atoms with Gasteiger partial charge < -0.3 is 14.5 Å². The van der Waals surface area contributed by atoms with Crippen molar-refractivity contribution in [2.75, 3.05) is 5.32 Å². The van der Waals surface area contributed by atoms with Crippen molar-refractivity contribution in [3.05, 3.63) is 101 Å². The van der Waals surface area contributed by atoms with Gasteiger partial charge in [-0.2, -0.15) is 5.10 Å². The molecule has 6 nitrogen and oxygen atoms in total. The van der Waals surface area contributed by atoms with E-state index in [0.717, 1.165) is 11.3 Å².